The van der Waals surface area contributed by atoms with Gasteiger partial charge in [-0.15, -0.1) is 5.10 Å². The molecule has 24 heavy (non-hydrogen) atoms. The molecule has 1 amide bonds. The van der Waals surface area contributed by atoms with Crippen LogP contribution < -0.4 is 10.2 Å². The molecule has 0 radical (unpaired) electrons. The number of hydrogen-bond acceptors (Lipinski definition) is 4. The van der Waals surface area contributed by atoms with Gasteiger partial charge in [-0.1, -0.05) is 12.1 Å². The Kier molecular flexibility index (Phi) is 5.51. The quantitative estimate of drug-likeness (QED) is 0.798. The van der Waals surface area contributed by atoms with Crippen molar-refractivity contribution >= 4 is 18.1 Å². The van der Waals surface area contributed by atoms with Gasteiger partial charge in [-0.25, -0.2) is 4.39 Å². The van der Waals surface area contributed by atoms with E-state index in [9.17, 15) is 9.18 Å². The van der Waals surface area contributed by atoms with Gasteiger partial charge in [0.1, 0.15) is 5.82 Å². The number of aromatic nitrogens is 2. The number of carbonyl (C=O) groups excluding carboxylic acids is 1. The number of nitrogens with zero attached hydrogens (tertiary/aromatic N) is 2. The van der Waals surface area contributed by atoms with Crippen molar-refractivity contribution < 1.29 is 18.5 Å². The first-order valence-corrected chi connectivity index (χ1v) is 8.02. The lowest BCUT2D eigenvalue weighted by Gasteiger charge is -2.21. The summed E-state index contributed by atoms with van der Waals surface area (Å²) in [5.41, 5.74) is -0.0231. The van der Waals surface area contributed by atoms with Crippen LogP contribution in [0.5, 0.6) is 0 Å². The molecule has 1 unspecified atom stereocenters. The SMILES string of the molecule is C[NH+](CC(=O)NC(C)(C)C)Cn1nc(-c2ccccc2F)oc1=S. The smallest absolute Gasteiger partial charge is 0.292 e. The molecule has 2 rings (SSSR count). The van der Waals surface area contributed by atoms with Crippen LogP contribution in [0, 0.1) is 10.7 Å². The van der Waals surface area contributed by atoms with Crippen LogP contribution in [-0.4, -0.2) is 34.8 Å². The van der Waals surface area contributed by atoms with E-state index in [0.29, 0.717) is 6.67 Å². The lowest BCUT2D eigenvalue weighted by Crippen LogP contribution is -3.09. The molecule has 0 fully saturated rings. The van der Waals surface area contributed by atoms with Crippen molar-refractivity contribution in [3.05, 3.63) is 34.9 Å². The van der Waals surface area contributed by atoms with Gasteiger partial charge in [0.05, 0.1) is 12.6 Å². The van der Waals surface area contributed by atoms with Gasteiger partial charge in [0, 0.05) is 5.54 Å². The highest BCUT2D eigenvalue weighted by atomic mass is 32.1. The van der Waals surface area contributed by atoms with Gasteiger partial charge in [-0.05, 0) is 45.1 Å². The van der Waals surface area contributed by atoms with Crippen molar-refractivity contribution in [2.24, 2.45) is 0 Å². The van der Waals surface area contributed by atoms with E-state index in [1.807, 2.05) is 27.8 Å². The second-order valence-electron chi connectivity index (χ2n) is 6.74. The molecule has 2 N–H and O–H groups in total. The topological polar surface area (TPSA) is 64.5 Å². The predicted octanol–water partition coefficient (Wildman–Crippen LogP) is 1.40. The molecule has 1 aromatic carbocycles. The van der Waals surface area contributed by atoms with Crippen LogP contribution in [0.4, 0.5) is 4.39 Å². The number of quaternary nitrogens is 1. The summed E-state index contributed by atoms with van der Waals surface area (Å²) in [4.78, 5) is 13.0. The molecule has 0 aliphatic rings. The number of nitrogens with one attached hydrogen (secondary N) is 2. The molecule has 130 valence electrons. The number of hydrogen-bond donors (Lipinski definition) is 2. The average molecular weight is 353 g/mol. The minimum atomic E-state index is -0.425. The van der Waals surface area contributed by atoms with Gasteiger partial charge in [0.15, 0.2) is 13.2 Å². The van der Waals surface area contributed by atoms with E-state index in [0.717, 1.165) is 4.90 Å². The molecule has 6 nitrogen and oxygen atoms in total. The van der Waals surface area contributed by atoms with Gasteiger partial charge in [-0.3, -0.25) is 4.79 Å². The number of halogens is 1. The summed E-state index contributed by atoms with van der Waals surface area (Å²) in [7, 11) is 1.85. The molecule has 0 spiro atoms. The van der Waals surface area contributed by atoms with Gasteiger partial charge >= 0.3 is 0 Å². The van der Waals surface area contributed by atoms with E-state index in [1.54, 1.807) is 18.2 Å². The van der Waals surface area contributed by atoms with E-state index in [-0.39, 0.29) is 34.3 Å². The molecule has 2 aromatic rings. The molecular formula is C16H22FN4O2S+. The molecule has 0 aliphatic carbocycles. The maximum atomic E-state index is 13.8. The Morgan fingerprint density at radius 2 is 2.08 bits per heavy atom. The fourth-order valence-electron chi connectivity index (χ4n) is 2.20. The third-order valence-electron chi connectivity index (χ3n) is 3.11. The van der Waals surface area contributed by atoms with Crippen molar-refractivity contribution in [1.29, 1.82) is 0 Å². The zero-order chi connectivity index (χ0) is 17.9. The largest absolute Gasteiger partial charge is 0.409 e. The normalized spacial score (nSPS) is 12.9. The summed E-state index contributed by atoms with van der Waals surface area (Å²) in [5.74, 6) is -0.361. The third-order valence-corrected chi connectivity index (χ3v) is 3.40. The van der Waals surface area contributed by atoms with Crippen molar-refractivity contribution in [3.8, 4) is 11.5 Å². The van der Waals surface area contributed by atoms with E-state index in [1.165, 1.54) is 10.7 Å². The molecule has 8 heteroatoms. The molecule has 0 saturated carbocycles. The van der Waals surface area contributed by atoms with E-state index in [2.05, 4.69) is 10.4 Å². The Hall–Kier alpha value is -2.06. The maximum Gasteiger partial charge on any atom is 0.292 e. The lowest BCUT2D eigenvalue weighted by molar-refractivity contribution is -0.895. The van der Waals surface area contributed by atoms with Crippen molar-refractivity contribution in [1.82, 2.24) is 15.1 Å². The molecule has 1 aromatic heterocycles. The highest BCUT2D eigenvalue weighted by Gasteiger charge is 2.19. The second-order valence-corrected chi connectivity index (χ2v) is 7.09. The minimum absolute atomic E-state index is 0.0654. The first-order chi connectivity index (χ1) is 11.2. The molecule has 0 saturated heterocycles. The lowest BCUT2D eigenvalue weighted by atomic mass is 10.1. The van der Waals surface area contributed by atoms with E-state index < -0.39 is 5.82 Å². The Morgan fingerprint density at radius 1 is 1.42 bits per heavy atom. The van der Waals surface area contributed by atoms with Gasteiger partial charge in [-0.2, -0.15) is 4.68 Å². The summed E-state index contributed by atoms with van der Waals surface area (Å²) < 4.78 is 20.6. The van der Waals surface area contributed by atoms with Crippen molar-refractivity contribution in [2.75, 3.05) is 13.6 Å². The zero-order valence-corrected chi connectivity index (χ0v) is 15.0. The van der Waals surface area contributed by atoms with Crippen LogP contribution in [0.1, 0.15) is 20.8 Å². The monoisotopic (exact) mass is 353 g/mol. The molecule has 1 heterocycles. The predicted molar refractivity (Wildman–Crippen MR) is 90.4 cm³/mol. The van der Waals surface area contributed by atoms with Crippen LogP contribution in [0.25, 0.3) is 11.5 Å². The Morgan fingerprint density at radius 3 is 2.71 bits per heavy atom. The molecule has 0 aliphatic heterocycles. The highest BCUT2D eigenvalue weighted by Crippen LogP contribution is 2.20. The highest BCUT2D eigenvalue weighted by molar-refractivity contribution is 7.71. The number of likely N-dealkylation sites (N-methyl/N-ethyl adjacent to an activating group) is 1. The van der Waals surface area contributed by atoms with Gasteiger partial charge < -0.3 is 14.6 Å². The summed E-state index contributed by atoms with van der Waals surface area (Å²) in [6.07, 6.45) is 0. The van der Waals surface area contributed by atoms with Gasteiger partial charge in [0.2, 0.25) is 5.89 Å². The Labute approximate surface area is 145 Å². The standard InChI is InChI=1S/C16H21FN4O2S/c1-16(2,3)18-13(22)9-20(4)10-21-15(24)23-14(19-21)11-7-5-6-8-12(11)17/h5-8H,9-10H2,1-4H3,(H,18,22)/p+1. The van der Waals surface area contributed by atoms with Gasteiger partial charge in [0.25, 0.3) is 10.7 Å². The number of rotatable bonds is 5. The summed E-state index contributed by atoms with van der Waals surface area (Å²) in [6.45, 7) is 6.38. The summed E-state index contributed by atoms with van der Waals surface area (Å²) in [6, 6.07) is 6.20. The summed E-state index contributed by atoms with van der Waals surface area (Å²) >= 11 is 5.13. The van der Waals surface area contributed by atoms with E-state index in [4.69, 9.17) is 16.6 Å². The average Bonchev–Trinajstić information content (AvgIpc) is 2.77. The second kappa shape index (κ2) is 7.23. The van der Waals surface area contributed by atoms with Crippen LogP contribution in [0.2, 0.25) is 0 Å². The first kappa shape index (κ1) is 18.3. The Bertz CT molecular complexity index is 779. The third kappa shape index (κ3) is 4.97. The molecule has 0 bridgehead atoms. The summed E-state index contributed by atoms with van der Waals surface area (Å²) in [5, 5.41) is 7.12. The maximum absolute atomic E-state index is 13.8. The van der Waals surface area contributed by atoms with Crippen molar-refractivity contribution in [2.45, 2.75) is 33.0 Å². The fourth-order valence-corrected chi connectivity index (χ4v) is 2.38. The molecular weight excluding hydrogens is 331 g/mol. The van der Waals surface area contributed by atoms with Crippen LogP contribution >= 0.6 is 12.2 Å². The zero-order valence-electron chi connectivity index (χ0n) is 14.2. The van der Waals surface area contributed by atoms with Crippen molar-refractivity contribution in [3.63, 3.8) is 0 Å². The number of carbonyl (C=O) groups is 1. The first-order valence-electron chi connectivity index (χ1n) is 7.61. The van der Waals surface area contributed by atoms with Crippen LogP contribution in [0.3, 0.4) is 0 Å². The van der Waals surface area contributed by atoms with E-state index >= 15 is 0 Å². The Balaban J connectivity index is 2.07. The number of amides is 1. The molecule has 1 atom stereocenters. The van der Waals surface area contributed by atoms with Crippen LogP contribution in [-0.2, 0) is 11.5 Å². The fraction of sp³-hybridized carbons (Fsp3) is 0.438. The minimum Gasteiger partial charge on any atom is -0.409 e. The number of benzene rings is 1. The van der Waals surface area contributed by atoms with Crippen LogP contribution in [0.15, 0.2) is 28.7 Å².